The number of methoxy groups -OCH3 is 1. The molecule has 2 aliphatic rings. The van der Waals surface area contributed by atoms with E-state index in [2.05, 4.69) is 22.3 Å². The lowest BCUT2D eigenvalue weighted by Gasteiger charge is -2.29. The van der Waals surface area contributed by atoms with Crippen LogP contribution in [0.3, 0.4) is 0 Å². The van der Waals surface area contributed by atoms with Crippen LogP contribution in [0.25, 0.3) is 0 Å². The molecule has 5 nitrogen and oxygen atoms in total. The lowest BCUT2D eigenvalue weighted by Crippen LogP contribution is -2.40. The van der Waals surface area contributed by atoms with Crippen molar-refractivity contribution in [3.05, 3.63) is 59.7 Å². The summed E-state index contributed by atoms with van der Waals surface area (Å²) in [5.41, 5.74) is 2.32. The van der Waals surface area contributed by atoms with Gasteiger partial charge in [-0.05, 0) is 43.1 Å². The molecular formula is C22H26N2O3. The van der Waals surface area contributed by atoms with Crippen molar-refractivity contribution in [3.63, 3.8) is 0 Å². The first-order valence-electron chi connectivity index (χ1n) is 9.63. The van der Waals surface area contributed by atoms with Gasteiger partial charge >= 0.3 is 0 Å². The van der Waals surface area contributed by atoms with E-state index in [4.69, 9.17) is 9.47 Å². The molecule has 0 spiro atoms. The molecule has 0 radical (unpaired) electrons. The molecule has 4 rings (SSSR count). The molecule has 0 saturated carbocycles. The summed E-state index contributed by atoms with van der Waals surface area (Å²) in [5, 5.41) is 3.21. The Kier molecular flexibility index (Phi) is 5.30. The molecule has 0 unspecified atom stereocenters. The van der Waals surface area contributed by atoms with Crippen molar-refractivity contribution in [1.82, 2.24) is 10.2 Å². The number of hydrogen-bond donors (Lipinski definition) is 1. The maximum atomic E-state index is 12.7. The van der Waals surface area contributed by atoms with E-state index in [-0.39, 0.29) is 11.9 Å². The van der Waals surface area contributed by atoms with Crippen LogP contribution in [0.1, 0.15) is 42.5 Å². The predicted molar refractivity (Wildman–Crippen MR) is 104 cm³/mol. The first-order valence-corrected chi connectivity index (χ1v) is 9.63. The second-order valence-corrected chi connectivity index (χ2v) is 7.20. The highest BCUT2D eigenvalue weighted by Gasteiger charge is 2.29. The van der Waals surface area contributed by atoms with Crippen LogP contribution in [-0.4, -0.2) is 37.6 Å². The molecule has 1 saturated heterocycles. The van der Waals surface area contributed by atoms with Crippen LogP contribution in [0.4, 0.5) is 0 Å². The molecule has 0 bridgehead atoms. The van der Waals surface area contributed by atoms with E-state index >= 15 is 0 Å². The Morgan fingerprint density at radius 2 is 2.00 bits per heavy atom. The zero-order valence-corrected chi connectivity index (χ0v) is 15.7. The van der Waals surface area contributed by atoms with E-state index in [0.29, 0.717) is 19.2 Å². The summed E-state index contributed by atoms with van der Waals surface area (Å²) >= 11 is 0. The van der Waals surface area contributed by atoms with E-state index in [1.807, 2.05) is 36.4 Å². The Morgan fingerprint density at radius 3 is 2.81 bits per heavy atom. The zero-order valence-electron chi connectivity index (χ0n) is 15.7. The quantitative estimate of drug-likeness (QED) is 0.880. The van der Waals surface area contributed by atoms with Gasteiger partial charge in [-0.3, -0.25) is 9.69 Å². The fourth-order valence-electron chi connectivity index (χ4n) is 4.14. The summed E-state index contributed by atoms with van der Waals surface area (Å²) in [6.07, 6.45) is 3.01. The maximum Gasteiger partial charge on any atom is 0.234 e. The molecule has 2 atom stereocenters. The molecule has 0 aromatic heterocycles. The molecule has 1 fully saturated rings. The van der Waals surface area contributed by atoms with Gasteiger partial charge in [0.25, 0.3) is 0 Å². The molecule has 1 N–H and O–H groups in total. The molecule has 142 valence electrons. The summed E-state index contributed by atoms with van der Waals surface area (Å²) in [6.45, 7) is 2.02. The molecule has 2 heterocycles. The molecule has 1 amide bonds. The average molecular weight is 366 g/mol. The largest absolute Gasteiger partial charge is 0.497 e. The van der Waals surface area contributed by atoms with Gasteiger partial charge in [-0.25, -0.2) is 0 Å². The summed E-state index contributed by atoms with van der Waals surface area (Å²) in [6, 6.07) is 16.5. The van der Waals surface area contributed by atoms with Gasteiger partial charge in [-0.2, -0.15) is 0 Å². The van der Waals surface area contributed by atoms with Crippen LogP contribution in [0.15, 0.2) is 48.5 Å². The van der Waals surface area contributed by atoms with Gasteiger partial charge in [0.05, 0.1) is 26.3 Å². The van der Waals surface area contributed by atoms with Crippen molar-refractivity contribution in [2.45, 2.75) is 31.3 Å². The van der Waals surface area contributed by atoms with E-state index in [9.17, 15) is 4.79 Å². The van der Waals surface area contributed by atoms with E-state index < -0.39 is 0 Å². The van der Waals surface area contributed by atoms with Crippen LogP contribution < -0.4 is 14.8 Å². The van der Waals surface area contributed by atoms with Gasteiger partial charge in [-0.15, -0.1) is 0 Å². The fraction of sp³-hybridized carbons (Fsp3) is 0.409. The van der Waals surface area contributed by atoms with Crippen molar-refractivity contribution in [2.75, 3.05) is 26.8 Å². The molecule has 2 aromatic carbocycles. The highest BCUT2D eigenvalue weighted by molar-refractivity contribution is 5.78. The second-order valence-electron chi connectivity index (χ2n) is 7.20. The number of carbonyl (C=O) groups excluding carboxylic acids is 1. The number of carbonyl (C=O) groups is 1. The highest BCUT2D eigenvalue weighted by atomic mass is 16.5. The Balaban J connectivity index is 1.40. The van der Waals surface area contributed by atoms with Crippen LogP contribution in [0, 0.1) is 0 Å². The topological polar surface area (TPSA) is 50.8 Å². The van der Waals surface area contributed by atoms with Gasteiger partial charge in [-0.1, -0.05) is 30.3 Å². The average Bonchev–Trinajstić information content (AvgIpc) is 3.16. The second kappa shape index (κ2) is 8.01. The Bertz CT molecular complexity index is 790. The number of para-hydroxylation sites is 1. The summed E-state index contributed by atoms with van der Waals surface area (Å²) < 4.78 is 10.9. The molecular weight excluding hydrogens is 340 g/mol. The van der Waals surface area contributed by atoms with Crippen molar-refractivity contribution >= 4 is 5.91 Å². The van der Waals surface area contributed by atoms with Crippen LogP contribution in [0.2, 0.25) is 0 Å². The van der Waals surface area contributed by atoms with Crippen LogP contribution >= 0.6 is 0 Å². The van der Waals surface area contributed by atoms with Crippen LogP contribution in [-0.2, 0) is 4.79 Å². The van der Waals surface area contributed by atoms with Gasteiger partial charge in [0.1, 0.15) is 11.5 Å². The number of likely N-dealkylation sites (tertiary alicyclic amines) is 1. The number of nitrogens with one attached hydrogen (secondary N) is 1. The normalized spacial score (nSPS) is 22.0. The van der Waals surface area contributed by atoms with E-state index in [1.165, 1.54) is 5.56 Å². The minimum absolute atomic E-state index is 0.0319. The molecule has 2 aromatic rings. The highest BCUT2D eigenvalue weighted by Crippen LogP contribution is 2.33. The Hall–Kier alpha value is -2.53. The number of rotatable bonds is 5. The third-order valence-electron chi connectivity index (χ3n) is 5.50. The van der Waals surface area contributed by atoms with Gasteiger partial charge < -0.3 is 14.8 Å². The summed E-state index contributed by atoms with van der Waals surface area (Å²) in [7, 11) is 1.68. The van der Waals surface area contributed by atoms with Crippen molar-refractivity contribution in [2.24, 2.45) is 0 Å². The number of amides is 1. The minimum atomic E-state index is 0.0319. The van der Waals surface area contributed by atoms with Crippen molar-refractivity contribution < 1.29 is 14.3 Å². The van der Waals surface area contributed by atoms with Gasteiger partial charge in [0, 0.05) is 18.0 Å². The van der Waals surface area contributed by atoms with Crippen LogP contribution in [0.5, 0.6) is 11.5 Å². The number of ether oxygens (including phenoxy) is 2. The molecule has 0 aliphatic carbocycles. The van der Waals surface area contributed by atoms with Crippen molar-refractivity contribution in [3.8, 4) is 11.5 Å². The molecule has 27 heavy (non-hydrogen) atoms. The number of hydrogen-bond acceptors (Lipinski definition) is 4. The fourth-order valence-corrected chi connectivity index (χ4v) is 4.14. The summed E-state index contributed by atoms with van der Waals surface area (Å²) in [4.78, 5) is 15.0. The zero-order chi connectivity index (χ0) is 18.6. The SMILES string of the molecule is COc1ccc([C@@H]2CCCN2CC(=O)N[C@H]2CCOc3ccccc32)cc1. The minimum Gasteiger partial charge on any atom is -0.497 e. The maximum absolute atomic E-state index is 12.7. The smallest absolute Gasteiger partial charge is 0.234 e. The summed E-state index contributed by atoms with van der Waals surface area (Å²) in [5.74, 6) is 1.82. The molecule has 2 aliphatic heterocycles. The lowest BCUT2D eigenvalue weighted by molar-refractivity contribution is -0.123. The first kappa shape index (κ1) is 17.9. The molecule has 5 heteroatoms. The number of benzene rings is 2. The van der Waals surface area contributed by atoms with E-state index in [0.717, 1.165) is 42.9 Å². The van der Waals surface area contributed by atoms with Gasteiger partial charge in [0.2, 0.25) is 5.91 Å². The van der Waals surface area contributed by atoms with Gasteiger partial charge in [0.15, 0.2) is 0 Å². The predicted octanol–water partition coefficient (Wildman–Crippen LogP) is 3.47. The third kappa shape index (κ3) is 3.93. The standard InChI is InChI=1S/C22H26N2O3/c1-26-17-10-8-16(9-11-17)20-6-4-13-24(20)15-22(25)23-19-12-14-27-21-7-3-2-5-18(19)21/h2-3,5,7-11,19-20H,4,6,12-15H2,1H3,(H,23,25)/t19-,20-/m0/s1. The van der Waals surface area contributed by atoms with Crippen molar-refractivity contribution in [1.29, 1.82) is 0 Å². The lowest BCUT2D eigenvalue weighted by atomic mass is 10.0. The van der Waals surface area contributed by atoms with E-state index in [1.54, 1.807) is 7.11 Å². The first-order chi connectivity index (χ1) is 13.2. The number of fused-ring (bicyclic) bond motifs is 1. The Morgan fingerprint density at radius 1 is 1.19 bits per heavy atom. The Labute approximate surface area is 160 Å². The monoisotopic (exact) mass is 366 g/mol. The third-order valence-corrected chi connectivity index (χ3v) is 5.50. The number of nitrogens with zero attached hydrogens (tertiary/aromatic N) is 1.